The number of esters is 2. The van der Waals surface area contributed by atoms with Crippen LogP contribution in [0, 0.1) is 57.2 Å². The average molecular weight is 913 g/mol. The van der Waals surface area contributed by atoms with E-state index in [0.29, 0.717) is 70.9 Å². The topological polar surface area (TPSA) is 131 Å². The largest absolute Gasteiger partial charge is 0.472 e. The van der Waals surface area contributed by atoms with Gasteiger partial charge in [0.05, 0.1) is 25.1 Å². The van der Waals surface area contributed by atoms with Crippen LogP contribution in [0.25, 0.3) is 0 Å². The number of carbonyl (C=O) groups excluding carboxylic acids is 2. The monoisotopic (exact) mass is 913 g/mol. The molecule has 8 aliphatic carbocycles. The molecule has 6 fully saturated rings. The minimum Gasteiger partial charge on any atom is -0.472 e. The second-order valence-electron chi connectivity index (χ2n) is 22.6. The molecule has 350 valence electrons. The number of hydrogen-bond donors (Lipinski definition) is 2. The molecule has 0 amide bonds. The van der Waals surface area contributed by atoms with E-state index in [1.54, 1.807) is 0 Å². The maximum Gasteiger partial charge on any atom is 0.417 e. The van der Waals surface area contributed by atoms with Crippen LogP contribution in [0.1, 0.15) is 153 Å². The van der Waals surface area contributed by atoms with E-state index < -0.39 is 11.9 Å². The lowest BCUT2D eigenvalue weighted by atomic mass is 9.46. The molecule has 0 bridgehead atoms. The molecular weight excluding hydrogens is 837 g/mol. The Hall–Kier alpha value is -2.40. The minimum atomic E-state index is -0.795. The van der Waals surface area contributed by atoms with Crippen LogP contribution in [0.3, 0.4) is 0 Å². The highest BCUT2D eigenvalue weighted by molar-refractivity contribution is 8.00. The van der Waals surface area contributed by atoms with Crippen molar-refractivity contribution in [2.45, 2.75) is 165 Å². The first-order valence-electron chi connectivity index (χ1n) is 25.4. The molecule has 0 aromatic carbocycles. The van der Waals surface area contributed by atoms with E-state index in [1.807, 2.05) is 48.6 Å². The number of thioether (sulfide) groups is 2. The van der Waals surface area contributed by atoms with E-state index in [9.17, 15) is 9.59 Å². The van der Waals surface area contributed by atoms with Gasteiger partial charge >= 0.3 is 11.9 Å². The zero-order valence-electron chi connectivity index (χ0n) is 39.1. The Morgan fingerprint density at radius 3 is 1.47 bits per heavy atom. The van der Waals surface area contributed by atoms with Crippen molar-refractivity contribution in [3.8, 4) is 0 Å². The van der Waals surface area contributed by atoms with Gasteiger partial charge in [0.2, 0.25) is 0 Å². The zero-order valence-corrected chi connectivity index (χ0v) is 40.7. The Kier molecular flexibility index (Phi) is 12.7. The van der Waals surface area contributed by atoms with Crippen molar-refractivity contribution < 1.29 is 27.9 Å². The molecule has 6 saturated carbocycles. The van der Waals surface area contributed by atoms with E-state index in [4.69, 9.17) is 29.8 Å². The Balaban J connectivity index is 0.904. The molecule has 0 saturated heterocycles. The molecule has 8 nitrogen and oxygen atoms in total. The van der Waals surface area contributed by atoms with Crippen LogP contribution in [0.5, 0.6) is 0 Å². The Bertz CT molecular complexity index is 1910. The lowest BCUT2D eigenvalue weighted by Gasteiger charge is -2.60. The number of rotatable bonds is 12. The van der Waals surface area contributed by atoms with Gasteiger partial charge in [0.15, 0.2) is 0 Å². The van der Waals surface area contributed by atoms with Crippen LogP contribution in [-0.2, 0) is 19.1 Å². The van der Waals surface area contributed by atoms with Crippen LogP contribution in [0.4, 0.5) is 0 Å². The summed E-state index contributed by atoms with van der Waals surface area (Å²) in [5, 5.41) is 0.635. The van der Waals surface area contributed by atoms with E-state index in [0.717, 1.165) is 88.6 Å². The molecule has 16 atom stereocenters. The van der Waals surface area contributed by atoms with Crippen molar-refractivity contribution in [3.63, 3.8) is 0 Å². The van der Waals surface area contributed by atoms with E-state index in [2.05, 4.69) is 52.0 Å². The number of fused-ring (bicyclic) bond motifs is 10. The third-order valence-corrected chi connectivity index (χ3v) is 22.9. The smallest absolute Gasteiger partial charge is 0.417 e. The lowest BCUT2D eigenvalue weighted by molar-refractivity contribution is -0.188. The highest BCUT2D eigenvalue weighted by Crippen LogP contribution is 2.70. The van der Waals surface area contributed by atoms with Gasteiger partial charge in [0.25, 0.3) is 0 Å². The van der Waals surface area contributed by atoms with Crippen LogP contribution in [0.2, 0.25) is 0 Å². The lowest BCUT2D eigenvalue weighted by Crippen LogP contribution is -2.57. The first-order chi connectivity index (χ1) is 30.9. The van der Waals surface area contributed by atoms with Gasteiger partial charge < -0.3 is 29.8 Å². The fourth-order valence-corrected chi connectivity index (χ4v) is 19.5. The predicted octanol–water partition coefficient (Wildman–Crippen LogP) is 11.6. The maximum absolute atomic E-state index is 14.6. The van der Waals surface area contributed by atoms with Gasteiger partial charge in [-0.1, -0.05) is 51.0 Å². The summed E-state index contributed by atoms with van der Waals surface area (Å²) in [6.07, 6.45) is 28.9. The van der Waals surface area contributed by atoms with Crippen molar-refractivity contribution in [2.24, 2.45) is 68.6 Å². The van der Waals surface area contributed by atoms with E-state index in [1.165, 1.54) is 48.0 Å². The molecule has 2 aromatic rings. The molecule has 10 rings (SSSR count). The summed E-state index contributed by atoms with van der Waals surface area (Å²) in [7, 11) is 0. The highest BCUT2D eigenvalue weighted by Gasteiger charge is 2.64. The van der Waals surface area contributed by atoms with Gasteiger partial charge in [0, 0.05) is 21.3 Å². The summed E-state index contributed by atoms with van der Waals surface area (Å²) in [5.41, 5.74) is 17.3. The van der Waals surface area contributed by atoms with Gasteiger partial charge in [-0.15, -0.1) is 0 Å². The molecule has 0 spiro atoms. The van der Waals surface area contributed by atoms with Crippen LogP contribution in [-0.4, -0.2) is 59.2 Å². The van der Waals surface area contributed by atoms with Crippen LogP contribution < -0.4 is 11.5 Å². The van der Waals surface area contributed by atoms with E-state index >= 15 is 0 Å². The number of ether oxygens (including phenoxy) is 2. The summed E-state index contributed by atoms with van der Waals surface area (Å²) in [6.45, 7) is 11.2. The molecule has 2 heterocycles. The van der Waals surface area contributed by atoms with Crippen LogP contribution >= 0.6 is 23.5 Å². The molecule has 0 aliphatic heterocycles. The molecule has 64 heavy (non-hydrogen) atoms. The molecule has 2 aromatic heterocycles. The normalized spacial score (nSPS) is 43.3. The second-order valence-corrected chi connectivity index (χ2v) is 25.5. The fraction of sp³-hybridized carbons (Fsp3) is 0.741. The molecular formula is C54H76N2O6S2. The summed E-state index contributed by atoms with van der Waals surface area (Å²) < 4.78 is 24.7. The number of allylic oxidation sites excluding steroid dienone is 2. The average Bonchev–Trinajstić information content (AvgIpc) is 4.11. The third-order valence-electron chi connectivity index (χ3n) is 20.2. The number of carbonyl (C=O) groups is 2. The van der Waals surface area contributed by atoms with Crippen molar-refractivity contribution in [1.82, 2.24) is 0 Å². The summed E-state index contributed by atoms with van der Waals surface area (Å²) >= 11 is 3.93. The Labute approximate surface area is 391 Å². The van der Waals surface area contributed by atoms with Crippen molar-refractivity contribution in [3.05, 3.63) is 71.6 Å². The van der Waals surface area contributed by atoms with Gasteiger partial charge in [-0.05, 0) is 209 Å². The molecule has 8 aliphatic rings. The molecule has 10 heteroatoms. The Morgan fingerprint density at radius 2 is 1.08 bits per heavy atom. The third kappa shape index (κ3) is 7.46. The molecule has 4 N–H and O–H groups in total. The standard InChI is InChI=1S/C54H76N2O6S2/c1-51-19-15-45-39(43(51)13-11-41(51)33-17-23-59-31-33)9-7-35-27-37(63-25-5-21-55)29-47(53(35,45)3)61-49(57)50(58)62-48-30-38(64-26-6-22-56)28-36-8-10-40-44-14-12-42(34-18-24-60-32-34)52(44,2)20-16-46(40)54(36,48)4/h7-8,17-18,23-24,31-32,37-48H,5-6,9-16,19-22,25-30,55-56H2,1-4H3/t37?,38?,39-,40-,41?,42?,43-,44-,45+,46+,47?,48?,51+,52+,53-,54-/m0/s1. The minimum absolute atomic E-state index is 0.219. The predicted molar refractivity (Wildman–Crippen MR) is 257 cm³/mol. The quantitative estimate of drug-likeness (QED) is 0.0918. The first-order valence-corrected chi connectivity index (χ1v) is 27.5. The fourth-order valence-electron chi connectivity index (χ4n) is 17.0. The van der Waals surface area contributed by atoms with Crippen molar-refractivity contribution >= 4 is 35.5 Å². The van der Waals surface area contributed by atoms with Gasteiger partial charge in [-0.3, -0.25) is 0 Å². The van der Waals surface area contributed by atoms with Gasteiger partial charge in [-0.2, -0.15) is 23.5 Å². The zero-order chi connectivity index (χ0) is 44.4. The summed E-state index contributed by atoms with van der Waals surface area (Å²) in [6, 6.07) is 4.36. The molecule has 0 radical (unpaired) electrons. The Morgan fingerprint density at radius 1 is 0.641 bits per heavy atom. The van der Waals surface area contributed by atoms with Crippen molar-refractivity contribution in [1.29, 1.82) is 0 Å². The summed E-state index contributed by atoms with van der Waals surface area (Å²) in [4.78, 5) is 29.3. The molecule has 6 unspecified atom stereocenters. The van der Waals surface area contributed by atoms with E-state index in [-0.39, 0.29) is 33.9 Å². The summed E-state index contributed by atoms with van der Waals surface area (Å²) in [5.74, 6) is 4.44. The van der Waals surface area contributed by atoms with Crippen LogP contribution in [0.15, 0.2) is 69.3 Å². The maximum atomic E-state index is 14.6. The first kappa shape index (κ1) is 45.4. The van der Waals surface area contributed by atoms with Crippen molar-refractivity contribution in [2.75, 3.05) is 24.6 Å². The van der Waals surface area contributed by atoms with Gasteiger partial charge in [-0.25, -0.2) is 9.59 Å². The number of nitrogens with two attached hydrogens (primary N) is 2. The highest BCUT2D eigenvalue weighted by atomic mass is 32.2. The SMILES string of the molecule is C[C@]12CC[C@@H]3[C@@H](CC=C4CC(SCCCN)CC(OC(=O)C(=O)OC5CC(SCCCN)CC6=CC[C@@H]7[C@@H](CC[C@]8(C)C(c9ccoc9)CC[C@@H]78)[C@]65C)[C@@]43C)[C@@H]1CCC2c1ccoc1. The number of furan rings is 2. The second kappa shape index (κ2) is 17.9. The van der Waals surface area contributed by atoms with Gasteiger partial charge in [0.1, 0.15) is 12.2 Å². The number of hydrogen-bond acceptors (Lipinski definition) is 10.